The molecule has 1 aliphatic rings. The van der Waals surface area contributed by atoms with E-state index >= 15 is 0 Å². The van der Waals surface area contributed by atoms with Crippen LogP contribution in [0.5, 0.6) is 17.2 Å². The van der Waals surface area contributed by atoms with Crippen molar-refractivity contribution in [2.45, 2.75) is 25.6 Å². The Hall–Kier alpha value is -3.10. The van der Waals surface area contributed by atoms with Gasteiger partial charge in [-0.05, 0) is 78.7 Å². The molecule has 0 spiro atoms. The summed E-state index contributed by atoms with van der Waals surface area (Å²) in [6, 6.07) is 21.9. The van der Waals surface area contributed by atoms with Crippen LogP contribution in [0.4, 0.5) is 0 Å². The molecule has 0 saturated carbocycles. The lowest BCUT2D eigenvalue weighted by Gasteiger charge is -2.27. The van der Waals surface area contributed by atoms with E-state index in [1.165, 1.54) is 5.56 Å². The SMILES string of the molecule is COc1ccc(C2CCc3ccc(OCc4n[nH]c(=S)n4-c4ccc(Br)cc4)cc3O2)cc1. The number of nitrogens with zero attached hydrogens (tertiary/aromatic N) is 2. The molecule has 4 aromatic rings. The maximum Gasteiger partial charge on any atom is 0.199 e. The summed E-state index contributed by atoms with van der Waals surface area (Å²) in [6.45, 7) is 0.268. The van der Waals surface area contributed by atoms with Crippen molar-refractivity contribution in [2.75, 3.05) is 7.11 Å². The smallest absolute Gasteiger partial charge is 0.199 e. The maximum atomic E-state index is 6.32. The Balaban J connectivity index is 1.32. The van der Waals surface area contributed by atoms with Gasteiger partial charge >= 0.3 is 0 Å². The number of halogens is 1. The number of aryl methyl sites for hydroxylation is 1. The lowest BCUT2D eigenvalue weighted by molar-refractivity contribution is 0.175. The van der Waals surface area contributed by atoms with Crippen molar-refractivity contribution < 1.29 is 14.2 Å². The Kier molecular flexibility index (Phi) is 6.20. The molecule has 8 heteroatoms. The predicted molar refractivity (Wildman–Crippen MR) is 132 cm³/mol. The molecule has 1 unspecified atom stereocenters. The molecule has 0 amide bonds. The lowest BCUT2D eigenvalue weighted by Crippen LogP contribution is -2.15. The molecule has 0 fully saturated rings. The second kappa shape index (κ2) is 9.41. The number of ether oxygens (including phenoxy) is 3. The summed E-state index contributed by atoms with van der Waals surface area (Å²) >= 11 is 8.89. The number of methoxy groups -OCH3 is 1. The van der Waals surface area contributed by atoms with Crippen LogP contribution in [0.15, 0.2) is 71.2 Å². The number of benzene rings is 3. The van der Waals surface area contributed by atoms with E-state index in [1.807, 2.05) is 53.1 Å². The van der Waals surface area contributed by atoms with E-state index < -0.39 is 0 Å². The normalized spacial score (nSPS) is 14.9. The van der Waals surface area contributed by atoms with Crippen LogP contribution in [0.25, 0.3) is 5.69 Å². The van der Waals surface area contributed by atoms with Crippen LogP contribution in [0.2, 0.25) is 0 Å². The minimum absolute atomic E-state index is 0.00679. The van der Waals surface area contributed by atoms with Gasteiger partial charge in [0.2, 0.25) is 0 Å². The van der Waals surface area contributed by atoms with Crippen molar-refractivity contribution in [3.63, 3.8) is 0 Å². The summed E-state index contributed by atoms with van der Waals surface area (Å²) in [5, 5.41) is 7.21. The Morgan fingerprint density at radius 1 is 1.09 bits per heavy atom. The molecule has 1 aromatic heterocycles. The minimum atomic E-state index is 0.00679. The van der Waals surface area contributed by atoms with Crippen molar-refractivity contribution in [3.05, 3.63) is 92.9 Å². The fourth-order valence-corrected chi connectivity index (χ4v) is 4.44. The Morgan fingerprint density at radius 3 is 2.61 bits per heavy atom. The topological polar surface area (TPSA) is 61.3 Å². The molecule has 1 aliphatic heterocycles. The summed E-state index contributed by atoms with van der Waals surface area (Å²) in [5.74, 6) is 3.11. The number of fused-ring (bicyclic) bond motifs is 1. The Labute approximate surface area is 205 Å². The number of hydrogen-bond acceptors (Lipinski definition) is 5. The van der Waals surface area contributed by atoms with Crippen LogP contribution in [-0.4, -0.2) is 21.9 Å². The molecule has 6 nitrogen and oxygen atoms in total. The average molecular weight is 524 g/mol. The Bertz CT molecular complexity index is 1320. The third-order valence-electron chi connectivity index (χ3n) is 5.67. The molecule has 0 radical (unpaired) electrons. The summed E-state index contributed by atoms with van der Waals surface area (Å²) in [6.07, 6.45) is 1.89. The molecular formula is C25H22BrN3O3S. The van der Waals surface area contributed by atoms with Gasteiger partial charge in [0, 0.05) is 16.2 Å². The number of hydrogen-bond donors (Lipinski definition) is 1. The molecule has 33 heavy (non-hydrogen) atoms. The predicted octanol–water partition coefficient (Wildman–Crippen LogP) is 6.35. The monoisotopic (exact) mass is 523 g/mol. The first-order chi connectivity index (χ1) is 16.1. The third-order valence-corrected chi connectivity index (χ3v) is 6.47. The molecule has 1 N–H and O–H groups in total. The zero-order valence-corrected chi connectivity index (χ0v) is 20.4. The minimum Gasteiger partial charge on any atom is -0.497 e. The fourth-order valence-electron chi connectivity index (χ4n) is 3.92. The molecule has 3 aromatic carbocycles. The van der Waals surface area contributed by atoms with Gasteiger partial charge in [0.1, 0.15) is 30.0 Å². The van der Waals surface area contributed by atoms with E-state index in [2.05, 4.69) is 44.3 Å². The van der Waals surface area contributed by atoms with Gasteiger partial charge in [0.05, 0.1) is 7.11 Å². The van der Waals surface area contributed by atoms with Crippen LogP contribution in [0.1, 0.15) is 29.5 Å². The molecule has 1 atom stereocenters. The summed E-state index contributed by atoms with van der Waals surface area (Å²) in [4.78, 5) is 0. The largest absolute Gasteiger partial charge is 0.497 e. The van der Waals surface area contributed by atoms with Crippen LogP contribution in [0.3, 0.4) is 0 Å². The van der Waals surface area contributed by atoms with Gasteiger partial charge in [-0.3, -0.25) is 9.67 Å². The highest BCUT2D eigenvalue weighted by Gasteiger charge is 2.22. The van der Waals surface area contributed by atoms with Crippen LogP contribution in [0, 0.1) is 4.77 Å². The van der Waals surface area contributed by atoms with Crippen molar-refractivity contribution in [2.24, 2.45) is 0 Å². The number of rotatable bonds is 6. The molecule has 2 heterocycles. The van der Waals surface area contributed by atoms with Gasteiger partial charge in [0.15, 0.2) is 10.6 Å². The molecular weight excluding hydrogens is 502 g/mol. The van der Waals surface area contributed by atoms with Gasteiger partial charge in [-0.15, -0.1) is 0 Å². The van der Waals surface area contributed by atoms with Crippen LogP contribution < -0.4 is 14.2 Å². The fraction of sp³-hybridized carbons (Fsp3) is 0.200. The quantitative estimate of drug-likeness (QED) is 0.298. The van der Waals surface area contributed by atoms with Crippen molar-refractivity contribution in [1.82, 2.24) is 14.8 Å². The maximum absolute atomic E-state index is 6.32. The first kappa shape index (κ1) is 21.7. The van der Waals surface area contributed by atoms with E-state index in [0.717, 1.165) is 45.8 Å². The van der Waals surface area contributed by atoms with E-state index in [-0.39, 0.29) is 12.7 Å². The molecule has 0 saturated heterocycles. The highest BCUT2D eigenvalue weighted by Crippen LogP contribution is 2.37. The first-order valence-corrected chi connectivity index (χ1v) is 11.8. The van der Waals surface area contributed by atoms with Crippen molar-refractivity contribution in [1.29, 1.82) is 0 Å². The zero-order valence-electron chi connectivity index (χ0n) is 18.0. The van der Waals surface area contributed by atoms with Crippen LogP contribution >= 0.6 is 28.1 Å². The second-order valence-corrected chi connectivity index (χ2v) is 9.04. The van der Waals surface area contributed by atoms with E-state index in [4.69, 9.17) is 26.4 Å². The first-order valence-electron chi connectivity index (χ1n) is 10.6. The second-order valence-electron chi connectivity index (χ2n) is 7.73. The van der Waals surface area contributed by atoms with Gasteiger partial charge in [-0.1, -0.05) is 34.1 Å². The van der Waals surface area contributed by atoms with Gasteiger partial charge in [-0.25, -0.2) is 0 Å². The highest BCUT2D eigenvalue weighted by molar-refractivity contribution is 9.10. The van der Waals surface area contributed by atoms with Crippen LogP contribution in [-0.2, 0) is 13.0 Å². The molecule has 0 bridgehead atoms. The zero-order chi connectivity index (χ0) is 22.8. The van der Waals surface area contributed by atoms with Crippen molar-refractivity contribution >= 4 is 28.1 Å². The number of nitrogens with one attached hydrogen (secondary N) is 1. The van der Waals surface area contributed by atoms with Gasteiger partial charge < -0.3 is 14.2 Å². The van der Waals surface area contributed by atoms with E-state index in [9.17, 15) is 0 Å². The average Bonchev–Trinajstić information content (AvgIpc) is 3.23. The van der Waals surface area contributed by atoms with E-state index in [0.29, 0.717) is 10.6 Å². The molecule has 5 rings (SSSR count). The third kappa shape index (κ3) is 4.67. The molecule has 168 valence electrons. The Morgan fingerprint density at radius 2 is 1.85 bits per heavy atom. The number of aromatic nitrogens is 3. The van der Waals surface area contributed by atoms with Gasteiger partial charge in [-0.2, -0.15) is 5.10 Å². The summed E-state index contributed by atoms with van der Waals surface area (Å²) in [5.41, 5.74) is 3.24. The number of aromatic amines is 1. The molecule has 0 aliphatic carbocycles. The van der Waals surface area contributed by atoms with Crippen molar-refractivity contribution in [3.8, 4) is 22.9 Å². The lowest BCUT2D eigenvalue weighted by atomic mass is 9.97. The number of H-pyrrole nitrogens is 1. The van der Waals surface area contributed by atoms with E-state index in [1.54, 1.807) is 7.11 Å². The summed E-state index contributed by atoms with van der Waals surface area (Å²) < 4.78 is 21.0. The summed E-state index contributed by atoms with van der Waals surface area (Å²) in [7, 11) is 1.67. The van der Waals surface area contributed by atoms with Gasteiger partial charge in [0.25, 0.3) is 0 Å². The highest BCUT2D eigenvalue weighted by atomic mass is 79.9. The standard InChI is InChI=1S/C25H22BrN3O3S/c1-30-20-10-2-16(3-11-20)22-13-5-17-4-12-21(14-23(17)32-22)31-15-24-27-28-25(33)29(24)19-8-6-18(26)7-9-19/h2-4,6-12,14,22H,5,13,15H2,1H3,(H,28,33).